The normalized spacial score (nSPS) is 24.7. The zero-order chi connectivity index (χ0) is 7.52. The summed E-state index contributed by atoms with van der Waals surface area (Å²) < 4.78 is 0. The maximum atomic E-state index is 3.33. The topological polar surface area (TPSA) is 12.0 Å². The Balaban J connectivity index is 2.07. The molecule has 0 atom stereocenters. The zero-order valence-electron chi connectivity index (χ0n) is 6.90. The van der Waals surface area contributed by atoms with Crippen molar-refractivity contribution in [2.45, 2.75) is 25.7 Å². The smallest absolute Gasteiger partial charge is 0.0140 e. The molecule has 0 unspecified atom stereocenters. The molecule has 0 aromatic carbocycles. The Morgan fingerprint density at radius 3 is 2.64 bits per heavy atom. The van der Waals surface area contributed by atoms with Crippen molar-refractivity contribution < 1.29 is 0 Å². The van der Waals surface area contributed by atoms with Crippen LogP contribution in [0.15, 0.2) is 23.3 Å². The number of hydrogen-bond acceptors (Lipinski definition) is 1. The molecule has 1 heterocycles. The van der Waals surface area contributed by atoms with Crippen molar-refractivity contribution in [3.63, 3.8) is 0 Å². The second-order valence-electron chi connectivity index (χ2n) is 3.31. The average Bonchev–Trinajstić information content (AvgIpc) is 2.58. The van der Waals surface area contributed by atoms with Crippen molar-refractivity contribution in [2.75, 3.05) is 13.1 Å². The fourth-order valence-corrected chi connectivity index (χ4v) is 1.88. The molecule has 0 aromatic heterocycles. The molecule has 0 radical (unpaired) electrons. The molecular formula is C10H15N. The molecule has 0 fully saturated rings. The molecule has 0 aromatic rings. The standard InChI is InChI=1S/C10H15N/c1-2-4-9(3-1)10-5-7-11-8-6-10/h3,5,11H,1-2,4,6-8H2. The summed E-state index contributed by atoms with van der Waals surface area (Å²) >= 11 is 0. The van der Waals surface area contributed by atoms with Gasteiger partial charge in [-0.3, -0.25) is 0 Å². The van der Waals surface area contributed by atoms with E-state index in [4.69, 9.17) is 0 Å². The number of allylic oxidation sites excluding steroid dienone is 2. The highest BCUT2D eigenvalue weighted by molar-refractivity contribution is 5.34. The summed E-state index contributed by atoms with van der Waals surface area (Å²) in [6, 6.07) is 0. The molecule has 60 valence electrons. The number of nitrogens with one attached hydrogen (secondary N) is 1. The van der Waals surface area contributed by atoms with Gasteiger partial charge in [-0.2, -0.15) is 0 Å². The van der Waals surface area contributed by atoms with E-state index in [1.54, 1.807) is 11.1 Å². The van der Waals surface area contributed by atoms with Gasteiger partial charge in [0.1, 0.15) is 0 Å². The van der Waals surface area contributed by atoms with Crippen LogP contribution in [0.5, 0.6) is 0 Å². The second kappa shape index (κ2) is 3.22. The predicted octanol–water partition coefficient (Wildman–Crippen LogP) is 2.02. The van der Waals surface area contributed by atoms with Gasteiger partial charge >= 0.3 is 0 Å². The second-order valence-corrected chi connectivity index (χ2v) is 3.31. The number of hydrogen-bond donors (Lipinski definition) is 1. The third-order valence-corrected chi connectivity index (χ3v) is 2.52. The van der Waals surface area contributed by atoms with Crippen LogP contribution < -0.4 is 5.32 Å². The molecule has 1 nitrogen and oxygen atoms in total. The van der Waals surface area contributed by atoms with Crippen molar-refractivity contribution in [1.82, 2.24) is 5.32 Å². The first-order valence-corrected chi connectivity index (χ1v) is 4.56. The minimum atomic E-state index is 1.08. The quantitative estimate of drug-likeness (QED) is 0.601. The Morgan fingerprint density at radius 1 is 1.09 bits per heavy atom. The lowest BCUT2D eigenvalue weighted by atomic mass is 10.00. The highest BCUT2D eigenvalue weighted by atomic mass is 14.8. The minimum absolute atomic E-state index is 1.08. The monoisotopic (exact) mass is 149 g/mol. The Hall–Kier alpha value is -0.560. The fourth-order valence-electron chi connectivity index (χ4n) is 1.88. The Bertz CT molecular complexity index is 201. The Morgan fingerprint density at radius 2 is 2.00 bits per heavy atom. The largest absolute Gasteiger partial charge is 0.313 e. The van der Waals surface area contributed by atoms with E-state index >= 15 is 0 Å². The van der Waals surface area contributed by atoms with Crippen LogP contribution in [0.4, 0.5) is 0 Å². The molecule has 0 saturated carbocycles. The first-order valence-electron chi connectivity index (χ1n) is 4.56. The maximum absolute atomic E-state index is 3.33. The predicted molar refractivity (Wildman–Crippen MR) is 47.5 cm³/mol. The van der Waals surface area contributed by atoms with E-state index < -0.39 is 0 Å². The molecular weight excluding hydrogens is 134 g/mol. The molecule has 1 aliphatic carbocycles. The molecule has 1 aliphatic heterocycles. The van der Waals surface area contributed by atoms with E-state index in [-0.39, 0.29) is 0 Å². The van der Waals surface area contributed by atoms with E-state index in [0.717, 1.165) is 6.54 Å². The first-order chi connectivity index (χ1) is 5.47. The van der Waals surface area contributed by atoms with E-state index in [1.807, 2.05) is 0 Å². The molecule has 0 bridgehead atoms. The molecule has 1 N–H and O–H groups in total. The Kier molecular flexibility index (Phi) is 2.08. The summed E-state index contributed by atoms with van der Waals surface area (Å²) in [4.78, 5) is 0. The van der Waals surface area contributed by atoms with Gasteiger partial charge in [-0.25, -0.2) is 0 Å². The van der Waals surface area contributed by atoms with Gasteiger partial charge in [-0.15, -0.1) is 0 Å². The Labute approximate surface area is 68.2 Å². The summed E-state index contributed by atoms with van der Waals surface area (Å²) in [5, 5.41) is 3.33. The maximum Gasteiger partial charge on any atom is 0.0140 e. The van der Waals surface area contributed by atoms with Gasteiger partial charge in [0.2, 0.25) is 0 Å². The van der Waals surface area contributed by atoms with Gasteiger partial charge < -0.3 is 5.32 Å². The van der Waals surface area contributed by atoms with Crippen LogP contribution in [0.3, 0.4) is 0 Å². The van der Waals surface area contributed by atoms with Gasteiger partial charge in [0.15, 0.2) is 0 Å². The van der Waals surface area contributed by atoms with Gasteiger partial charge in [0, 0.05) is 6.54 Å². The fraction of sp³-hybridized carbons (Fsp3) is 0.600. The minimum Gasteiger partial charge on any atom is -0.313 e. The summed E-state index contributed by atoms with van der Waals surface area (Å²) in [6.45, 7) is 2.25. The molecule has 2 aliphatic rings. The molecule has 0 spiro atoms. The van der Waals surface area contributed by atoms with E-state index in [0.29, 0.717) is 0 Å². The van der Waals surface area contributed by atoms with Gasteiger partial charge in [-0.1, -0.05) is 12.2 Å². The summed E-state index contributed by atoms with van der Waals surface area (Å²) in [5.41, 5.74) is 3.24. The van der Waals surface area contributed by atoms with Gasteiger partial charge in [-0.05, 0) is 43.4 Å². The van der Waals surface area contributed by atoms with Gasteiger partial charge in [0.25, 0.3) is 0 Å². The SMILES string of the molecule is C1=C(C2=CCNCC2)CCC1. The van der Waals surface area contributed by atoms with E-state index in [9.17, 15) is 0 Å². The van der Waals surface area contributed by atoms with Crippen molar-refractivity contribution in [3.05, 3.63) is 23.3 Å². The van der Waals surface area contributed by atoms with Crippen molar-refractivity contribution in [2.24, 2.45) is 0 Å². The lowest BCUT2D eigenvalue weighted by molar-refractivity contribution is 0.703. The highest BCUT2D eigenvalue weighted by Gasteiger charge is 2.10. The molecule has 11 heavy (non-hydrogen) atoms. The van der Waals surface area contributed by atoms with Crippen molar-refractivity contribution in [3.8, 4) is 0 Å². The summed E-state index contributed by atoms with van der Waals surface area (Å²) in [7, 11) is 0. The van der Waals surface area contributed by atoms with Crippen molar-refractivity contribution >= 4 is 0 Å². The summed E-state index contributed by atoms with van der Waals surface area (Å²) in [6.07, 6.45) is 10.0. The van der Waals surface area contributed by atoms with Crippen LogP contribution in [-0.4, -0.2) is 13.1 Å². The average molecular weight is 149 g/mol. The lowest BCUT2D eigenvalue weighted by Gasteiger charge is -2.14. The zero-order valence-corrected chi connectivity index (χ0v) is 6.90. The van der Waals surface area contributed by atoms with Crippen LogP contribution in [0.2, 0.25) is 0 Å². The summed E-state index contributed by atoms with van der Waals surface area (Å²) in [5.74, 6) is 0. The van der Waals surface area contributed by atoms with E-state index in [2.05, 4.69) is 17.5 Å². The van der Waals surface area contributed by atoms with Crippen LogP contribution in [0.1, 0.15) is 25.7 Å². The third-order valence-electron chi connectivity index (χ3n) is 2.52. The van der Waals surface area contributed by atoms with Crippen LogP contribution in [0, 0.1) is 0 Å². The van der Waals surface area contributed by atoms with Gasteiger partial charge in [0.05, 0.1) is 0 Å². The lowest BCUT2D eigenvalue weighted by Crippen LogP contribution is -2.20. The first kappa shape index (κ1) is 7.11. The van der Waals surface area contributed by atoms with Crippen LogP contribution >= 0.6 is 0 Å². The molecule has 1 heteroatoms. The third kappa shape index (κ3) is 1.54. The molecule has 0 amide bonds. The molecule has 0 saturated heterocycles. The molecule has 2 rings (SSSR count). The highest BCUT2D eigenvalue weighted by Crippen LogP contribution is 2.26. The van der Waals surface area contributed by atoms with Crippen LogP contribution in [-0.2, 0) is 0 Å². The van der Waals surface area contributed by atoms with E-state index in [1.165, 1.54) is 32.2 Å². The van der Waals surface area contributed by atoms with Crippen LogP contribution in [0.25, 0.3) is 0 Å². The number of rotatable bonds is 1. The van der Waals surface area contributed by atoms with Crippen molar-refractivity contribution in [1.29, 1.82) is 0 Å².